The molecule has 2 N–H and O–H groups in total. The number of anilines is 2. The molecule has 1 amide bonds. The molecule has 3 nitrogen and oxygen atoms in total. The van der Waals surface area contributed by atoms with E-state index in [1.807, 2.05) is 26.0 Å². The van der Waals surface area contributed by atoms with Gasteiger partial charge in [-0.25, -0.2) is 0 Å². The summed E-state index contributed by atoms with van der Waals surface area (Å²) in [5.74, 6) is 0.564. The van der Waals surface area contributed by atoms with E-state index in [1.54, 1.807) is 0 Å². The third kappa shape index (κ3) is 5.44. The zero-order chi connectivity index (χ0) is 16.8. The first-order chi connectivity index (χ1) is 10.9. The van der Waals surface area contributed by atoms with E-state index in [9.17, 15) is 4.79 Å². The van der Waals surface area contributed by atoms with Crippen molar-refractivity contribution in [2.45, 2.75) is 40.0 Å². The predicted molar refractivity (Wildman–Crippen MR) is 98.2 cm³/mol. The number of nitrogens with one attached hydrogen (secondary N) is 2. The molecule has 0 aliphatic heterocycles. The maximum Gasteiger partial charge on any atom is 0.226 e. The highest BCUT2D eigenvalue weighted by Crippen LogP contribution is 2.17. The lowest BCUT2D eigenvalue weighted by Gasteiger charge is -2.10. The minimum atomic E-state index is 0.0290. The largest absolute Gasteiger partial charge is 0.385 e. The molecule has 0 saturated heterocycles. The molecule has 0 radical (unpaired) electrons. The van der Waals surface area contributed by atoms with Crippen LogP contribution in [0, 0.1) is 13.8 Å². The number of hydrogen-bond donors (Lipinski definition) is 2. The molecule has 2 aromatic carbocycles. The van der Waals surface area contributed by atoms with Crippen LogP contribution in [0.1, 0.15) is 42.9 Å². The minimum absolute atomic E-state index is 0.0290. The van der Waals surface area contributed by atoms with E-state index in [0.29, 0.717) is 18.9 Å². The molecule has 2 aromatic rings. The van der Waals surface area contributed by atoms with Gasteiger partial charge < -0.3 is 10.6 Å². The summed E-state index contributed by atoms with van der Waals surface area (Å²) in [6.45, 7) is 9.05. The van der Waals surface area contributed by atoms with E-state index in [0.717, 1.165) is 22.5 Å². The summed E-state index contributed by atoms with van der Waals surface area (Å²) in [6, 6.07) is 14.5. The monoisotopic (exact) mass is 310 g/mol. The summed E-state index contributed by atoms with van der Waals surface area (Å²) in [5, 5.41) is 6.24. The van der Waals surface area contributed by atoms with E-state index in [2.05, 4.69) is 54.8 Å². The van der Waals surface area contributed by atoms with Crippen LogP contribution in [0.5, 0.6) is 0 Å². The fourth-order valence-corrected chi connectivity index (χ4v) is 2.58. The normalized spacial score (nSPS) is 10.7. The van der Waals surface area contributed by atoms with Crippen LogP contribution in [0.25, 0.3) is 0 Å². The highest BCUT2D eigenvalue weighted by atomic mass is 16.1. The van der Waals surface area contributed by atoms with E-state index in [-0.39, 0.29) is 5.91 Å². The number of carbonyl (C=O) groups is 1. The number of carbonyl (C=O) groups excluding carboxylic acids is 1. The third-order valence-corrected chi connectivity index (χ3v) is 3.76. The third-order valence-electron chi connectivity index (χ3n) is 3.76. The van der Waals surface area contributed by atoms with Gasteiger partial charge in [-0.15, -0.1) is 0 Å². The van der Waals surface area contributed by atoms with Crippen molar-refractivity contribution in [3.8, 4) is 0 Å². The Morgan fingerprint density at radius 3 is 2.13 bits per heavy atom. The smallest absolute Gasteiger partial charge is 0.226 e. The Morgan fingerprint density at radius 2 is 1.57 bits per heavy atom. The van der Waals surface area contributed by atoms with E-state index in [4.69, 9.17) is 0 Å². The van der Waals surface area contributed by atoms with Crippen molar-refractivity contribution in [1.82, 2.24) is 0 Å². The number of aryl methyl sites for hydroxylation is 2. The van der Waals surface area contributed by atoms with Crippen molar-refractivity contribution in [1.29, 1.82) is 0 Å². The van der Waals surface area contributed by atoms with Gasteiger partial charge in [-0.2, -0.15) is 0 Å². The van der Waals surface area contributed by atoms with Gasteiger partial charge in [0.05, 0.1) is 0 Å². The Kier molecular flexibility index (Phi) is 5.80. The van der Waals surface area contributed by atoms with Gasteiger partial charge in [0.1, 0.15) is 0 Å². The van der Waals surface area contributed by atoms with Crippen LogP contribution < -0.4 is 10.6 Å². The second-order valence-electron chi connectivity index (χ2n) is 6.38. The van der Waals surface area contributed by atoms with Crippen LogP contribution >= 0.6 is 0 Å². The van der Waals surface area contributed by atoms with Gasteiger partial charge in [0.15, 0.2) is 0 Å². The summed E-state index contributed by atoms with van der Waals surface area (Å²) in [5.41, 5.74) is 5.55. The van der Waals surface area contributed by atoms with Crippen LogP contribution in [0.15, 0.2) is 42.5 Å². The topological polar surface area (TPSA) is 41.1 Å². The summed E-state index contributed by atoms with van der Waals surface area (Å²) in [4.78, 5) is 12.0. The van der Waals surface area contributed by atoms with Gasteiger partial charge >= 0.3 is 0 Å². The van der Waals surface area contributed by atoms with Gasteiger partial charge in [0.25, 0.3) is 0 Å². The zero-order valence-corrected chi connectivity index (χ0v) is 14.4. The Hall–Kier alpha value is -2.29. The first kappa shape index (κ1) is 17.1. The van der Waals surface area contributed by atoms with E-state index in [1.165, 1.54) is 5.56 Å². The van der Waals surface area contributed by atoms with Crippen LogP contribution in [0.4, 0.5) is 11.4 Å². The molecule has 0 aliphatic rings. The fraction of sp³-hybridized carbons (Fsp3) is 0.350. The molecule has 0 bridgehead atoms. The predicted octanol–water partition coefficient (Wildman–Crippen LogP) is 4.87. The van der Waals surface area contributed by atoms with E-state index < -0.39 is 0 Å². The van der Waals surface area contributed by atoms with Gasteiger partial charge in [0.2, 0.25) is 5.91 Å². The van der Waals surface area contributed by atoms with Gasteiger partial charge in [-0.3, -0.25) is 4.79 Å². The first-order valence-electron chi connectivity index (χ1n) is 8.16. The van der Waals surface area contributed by atoms with E-state index >= 15 is 0 Å². The molecule has 23 heavy (non-hydrogen) atoms. The Balaban J connectivity index is 1.80. The molecular formula is C20H26N2O. The molecule has 0 aliphatic carbocycles. The molecule has 0 atom stereocenters. The average Bonchev–Trinajstić information content (AvgIpc) is 2.46. The summed E-state index contributed by atoms with van der Waals surface area (Å²) in [6.07, 6.45) is 0.443. The molecule has 0 spiro atoms. The van der Waals surface area contributed by atoms with Crippen LogP contribution in [-0.2, 0) is 4.79 Å². The first-order valence-corrected chi connectivity index (χ1v) is 8.16. The minimum Gasteiger partial charge on any atom is -0.385 e. The molecule has 2 rings (SSSR count). The lowest BCUT2D eigenvalue weighted by Crippen LogP contribution is -2.16. The van der Waals surface area contributed by atoms with Crippen LogP contribution in [-0.4, -0.2) is 12.5 Å². The molecule has 0 unspecified atom stereocenters. The second-order valence-corrected chi connectivity index (χ2v) is 6.38. The fourth-order valence-electron chi connectivity index (χ4n) is 2.58. The van der Waals surface area contributed by atoms with Crippen molar-refractivity contribution in [2.75, 3.05) is 17.2 Å². The second kappa shape index (κ2) is 7.82. The summed E-state index contributed by atoms with van der Waals surface area (Å²) in [7, 11) is 0. The maximum absolute atomic E-state index is 12.0. The number of rotatable bonds is 6. The van der Waals surface area contributed by atoms with Gasteiger partial charge in [-0.05, 0) is 60.7 Å². The highest BCUT2D eigenvalue weighted by Gasteiger charge is 2.04. The Bertz CT molecular complexity index is 640. The molecule has 3 heteroatoms. The molecule has 122 valence electrons. The maximum atomic E-state index is 12.0. The quantitative estimate of drug-likeness (QED) is 0.799. The van der Waals surface area contributed by atoms with Crippen LogP contribution in [0.2, 0.25) is 0 Å². The number of hydrogen-bond acceptors (Lipinski definition) is 2. The lowest BCUT2D eigenvalue weighted by molar-refractivity contribution is -0.115. The van der Waals surface area contributed by atoms with Crippen molar-refractivity contribution >= 4 is 17.3 Å². The molecule has 0 fully saturated rings. The van der Waals surface area contributed by atoms with Crippen molar-refractivity contribution in [3.05, 3.63) is 59.2 Å². The number of amides is 1. The SMILES string of the molecule is Cc1cc(C)cc(NC(=O)CCNc2ccc(C(C)C)cc2)c1. The number of benzene rings is 2. The lowest BCUT2D eigenvalue weighted by atomic mass is 10.0. The highest BCUT2D eigenvalue weighted by molar-refractivity contribution is 5.91. The van der Waals surface area contributed by atoms with Crippen LogP contribution in [0.3, 0.4) is 0 Å². The van der Waals surface area contributed by atoms with Crippen molar-refractivity contribution < 1.29 is 4.79 Å². The standard InChI is InChI=1S/C20H26N2O/c1-14(2)17-5-7-18(8-6-17)21-10-9-20(23)22-19-12-15(3)11-16(4)13-19/h5-8,11-14,21H,9-10H2,1-4H3,(H,22,23). The molecule has 0 heterocycles. The zero-order valence-electron chi connectivity index (χ0n) is 14.4. The van der Waals surface area contributed by atoms with Crippen molar-refractivity contribution in [3.63, 3.8) is 0 Å². The Morgan fingerprint density at radius 1 is 0.957 bits per heavy atom. The molecule has 0 aromatic heterocycles. The average molecular weight is 310 g/mol. The Labute approximate surface area is 139 Å². The van der Waals surface area contributed by atoms with Gasteiger partial charge in [-0.1, -0.05) is 32.0 Å². The van der Waals surface area contributed by atoms with Gasteiger partial charge in [0, 0.05) is 24.3 Å². The summed E-state index contributed by atoms with van der Waals surface area (Å²) >= 11 is 0. The van der Waals surface area contributed by atoms with Crippen molar-refractivity contribution in [2.24, 2.45) is 0 Å². The molecular weight excluding hydrogens is 284 g/mol. The molecule has 0 saturated carbocycles. The summed E-state index contributed by atoms with van der Waals surface area (Å²) < 4.78 is 0.